The predicted molar refractivity (Wildman–Crippen MR) is 478 cm³/mol. The molecule has 4 unspecified atom stereocenters. The molecule has 118 heavy (non-hydrogen) atoms. The Bertz CT molecular complexity index is 4900. The van der Waals surface area contributed by atoms with Crippen LogP contribution in [0, 0.1) is 59.0 Å². The van der Waals surface area contributed by atoms with Gasteiger partial charge in [0.1, 0.15) is 76.0 Å². The van der Waals surface area contributed by atoms with E-state index < -0.39 is 22.6 Å². The number of nitriles is 1. The number of amidine groups is 2. The van der Waals surface area contributed by atoms with E-state index in [1.165, 1.54) is 53.9 Å². The number of halogens is 14. The largest absolute Gasteiger partial charge is 1.00 e. The topological polar surface area (TPSA) is 302 Å². The molecule has 8 aromatic carbocycles. The standard InChI is InChI=1S/C16H17N.C15H13FN4O.C12H13BrFNO2.C11H10BrFN2O.C10H11BrFNO.C8H6Br3F.C8H8BrF.CBrN.CO2.BHNS.B.Na.H/c1-2-13-17-16(14-9-5-3-6-10-14)15-11-7-4-8-12-15;16-13-2-1-10(9-5-18-8-19-6-9)11-3-15(4-12(11)13)7-21-14(17)20-15;1-2-17-11(16)12(15)5-7-8(6-12)10(14)4-3-9(7)13;12-8-1-2-9(13)7-4-11(3-6(7)8)5-16-10(14)15-11;11-8-1-2-9(12)7-4-10(13,5-14)3-6(7)8;9-3-5-6(4-10)8(12)2-1-7(5)11;1-5-6(2)8(10)4-3-7(5)9;2*2-1-3;1-2-3;;;/h3-12H,2,13H2,1H3;1-2,5-6,8H,3-4,7H2,(H2,17,20);3-4H,2,5-6,15H2,1H3;1-2H,3-5H2,(H2,14,15);1-2,14H,3-5,13H2;1-2H,3-4H2;3-4H,1-2H3;;;3H;;;/q;;;;;;;;;;;+1;-1. The Morgan fingerprint density at radius 2 is 0.966 bits per heavy atom. The molecule has 0 bridgehead atoms. The number of nitrogens with zero attached hydrogens (tertiary/aromatic N) is 7. The number of alkyl halides is 2. The third-order valence-corrected chi connectivity index (χ3v) is 23.7. The monoisotopic (exact) mass is 2150 g/mol. The van der Waals surface area contributed by atoms with Crippen LogP contribution >= 0.6 is 140 Å². The van der Waals surface area contributed by atoms with Crippen LogP contribution in [0.3, 0.4) is 0 Å². The number of benzene rings is 8. The molecule has 4 atom stereocenters. The Balaban J connectivity index is 0.000000354. The van der Waals surface area contributed by atoms with Gasteiger partial charge >= 0.3 is 66.4 Å². The number of carbonyl (C=O) groups is 1. The van der Waals surface area contributed by atoms with E-state index in [-0.39, 0.29) is 118 Å². The minimum Gasteiger partial charge on any atom is -1.00 e. The fourth-order valence-electron chi connectivity index (χ4n) is 13.1. The number of hydrogen-bond donors (Lipinski definition) is 6. The molecule has 18 nitrogen and oxygen atoms in total. The van der Waals surface area contributed by atoms with Gasteiger partial charge in [-0.15, -0.1) is 0 Å². The molecule has 0 saturated carbocycles. The van der Waals surface area contributed by atoms with Gasteiger partial charge in [0.15, 0.2) is 0 Å². The summed E-state index contributed by atoms with van der Waals surface area (Å²) in [5, 5.41) is 17.6. The van der Waals surface area contributed by atoms with E-state index in [0.717, 1.165) is 96.7 Å². The van der Waals surface area contributed by atoms with E-state index in [0.29, 0.717) is 91.1 Å². The Morgan fingerprint density at radius 1 is 0.593 bits per heavy atom. The first kappa shape index (κ1) is 104. The third-order valence-electron chi connectivity index (χ3n) is 18.8. The minimum atomic E-state index is -1.14. The summed E-state index contributed by atoms with van der Waals surface area (Å²) in [7, 11) is 4.34. The van der Waals surface area contributed by atoms with Gasteiger partial charge in [-0.05, 0) is 174 Å². The summed E-state index contributed by atoms with van der Waals surface area (Å²) in [4.78, 5) is 51.0. The number of carbonyl (C=O) groups excluding carboxylic acids is 3. The van der Waals surface area contributed by atoms with Crippen molar-refractivity contribution < 1.29 is 91.0 Å². The Morgan fingerprint density at radius 3 is 1.36 bits per heavy atom. The van der Waals surface area contributed by atoms with Gasteiger partial charge in [0, 0.05) is 143 Å². The van der Waals surface area contributed by atoms with Crippen LogP contribution in [0.1, 0.15) is 99.6 Å². The van der Waals surface area contributed by atoms with Gasteiger partial charge in [0.05, 0.1) is 18.9 Å². The number of aliphatic hydroxyl groups is 1. The molecule has 4 aliphatic carbocycles. The second-order valence-electron chi connectivity index (χ2n) is 26.7. The zero-order chi connectivity index (χ0) is 85.7. The number of thiol groups is 1. The molecular weight excluding hydrogens is 2080 g/mol. The summed E-state index contributed by atoms with van der Waals surface area (Å²) in [6.07, 6.45) is 10.1. The normalized spacial score (nSPS) is 17.5. The van der Waals surface area contributed by atoms with Crippen molar-refractivity contribution >= 4 is 186 Å². The molecule has 1 aromatic heterocycles. The van der Waals surface area contributed by atoms with Crippen LogP contribution in [0.15, 0.2) is 194 Å². The average Bonchev–Trinajstić information content (AvgIpc) is 1.62. The fraction of sp³-hybridized carbons (Fsp3) is 0.293. The van der Waals surface area contributed by atoms with Crippen LogP contribution in [0.4, 0.5) is 26.3 Å². The van der Waals surface area contributed by atoms with Gasteiger partial charge in [0.2, 0.25) is 0 Å². The maximum absolute atomic E-state index is 14.2. The van der Waals surface area contributed by atoms with Gasteiger partial charge in [-0.2, -0.15) is 14.9 Å². The van der Waals surface area contributed by atoms with Gasteiger partial charge in [-0.1, -0.05) is 185 Å². The van der Waals surface area contributed by atoms with E-state index in [1.54, 1.807) is 67.6 Å². The number of aliphatic hydroxyl groups excluding tert-OH is 1. The Kier molecular flexibility index (Phi) is 44.7. The second-order valence-corrected chi connectivity index (χ2v) is 32.6. The fourth-order valence-corrected chi connectivity index (χ4v) is 17.2. The summed E-state index contributed by atoms with van der Waals surface area (Å²) >= 11 is 29.0. The molecule has 9 aromatic rings. The van der Waals surface area contributed by atoms with Crippen molar-refractivity contribution in [1.29, 1.82) is 5.26 Å². The van der Waals surface area contributed by atoms with Crippen molar-refractivity contribution in [3.63, 3.8) is 0 Å². The molecule has 616 valence electrons. The van der Waals surface area contributed by atoms with Gasteiger partial charge in [-0.25, -0.2) is 46.3 Å². The van der Waals surface area contributed by atoms with Crippen molar-refractivity contribution in [2.75, 3.05) is 33.0 Å². The quantitative estimate of drug-likeness (QED) is 0.0185. The van der Waals surface area contributed by atoms with E-state index in [9.17, 15) is 31.1 Å². The number of fused-ring (bicyclic) bond motifs is 4. The van der Waals surface area contributed by atoms with Crippen molar-refractivity contribution in [3.05, 3.63) is 287 Å². The summed E-state index contributed by atoms with van der Waals surface area (Å²) in [5.41, 5.74) is 35.2. The number of esters is 1. The molecule has 2 spiro atoms. The van der Waals surface area contributed by atoms with Crippen LogP contribution in [0.5, 0.6) is 0 Å². The summed E-state index contributed by atoms with van der Waals surface area (Å²) in [5.74, 6) is -1.70. The number of ether oxygens (including phenoxy) is 3. The van der Waals surface area contributed by atoms with Crippen molar-refractivity contribution in [1.82, 2.24) is 9.97 Å². The van der Waals surface area contributed by atoms with Crippen molar-refractivity contribution in [2.24, 2.45) is 42.2 Å². The molecule has 6 aliphatic rings. The van der Waals surface area contributed by atoms with Crippen LogP contribution in [0.2, 0.25) is 0 Å². The molecule has 0 fully saturated rings. The first-order valence-electron chi connectivity index (χ1n) is 35.2. The van der Waals surface area contributed by atoms with Crippen molar-refractivity contribution in [3.8, 4) is 16.1 Å². The number of nitrogens with two attached hydrogens (primary N) is 4. The molecule has 36 heteroatoms. The van der Waals surface area contributed by atoms with Crippen LogP contribution in [-0.2, 0) is 90.6 Å². The van der Waals surface area contributed by atoms with Gasteiger partial charge < -0.3 is 43.7 Å². The van der Waals surface area contributed by atoms with Crippen molar-refractivity contribution in [2.45, 2.75) is 118 Å². The number of aliphatic imine (C=N–C) groups is 3. The first-order valence-corrected chi connectivity index (χ1v) is 42.6. The first-order chi connectivity index (χ1) is 55.3. The zero-order valence-electron chi connectivity index (χ0n) is 65.5. The summed E-state index contributed by atoms with van der Waals surface area (Å²) in [6, 6.07) is 40.1. The Labute approximate surface area is 781 Å². The molecule has 15 rings (SSSR count). The third kappa shape index (κ3) is 28.5. The number of hydrogen-bond acceptors (Lipinski definition) is 19. The molecule has 2 aliphatic heterocycles. The smallest absolute Gasteiger partial charge is 1.00 e. The van der Waals surface area contributed by atoms with Crippen LogP contribution in [-0.4, -0.2) is 116 Å². The molecule has 4 radical (unpaired) electrons. The average molecular weight is 2160 g/mol. The van der Waals surface area contributed by atoms with Gasteiger partial charge in [-0.3, -0.25) is 9.79 Å². The Hall–Kier alpha value is -6.03. The number of rotatable bonds is 10. The van der Waals surface area contributed by atoms with Gasteiger partial charge in [0.25, 0.3) is 12.0 Å². The predicted octanol–water partition coefficient (Wildman–Crippen LogP) is 15.3. The maximum atomic E-state index is 14.2. The summed E-state index contributed by atoms with van der Waals surface area (Å²) in [6.45, 7) is 9.41. The van der Waals surface area contributed by atoms with E-state index in [4.69, 9.17) is 62.1 Å². The number of aromatic nitrogens is 2. The van der Waals surface area contributed by atoms with Crippen LogP contribution < -0.4 is 52.5 Å². The molecule has 0 amide bonds. The van der Waals surface area contributed by atoms with E-state index in [1.807, 2.05) is 19.1 Å². The zero-order valence-corrected chi connectivity index (χ0v) is 80.1. The molecule has 9 N–H and O–H groups in total. The SMILES string of the molecule is CCCN=C(c1ccccc1)c1ccccc1.CCOC(=O)C1(N)Cc2c(F)ccc(Br)c2C1.Cc1c(F)ccc(Br)c1C.Fc1ccc(Br)c(CBr)c1CBr.N#CBr.NC1(CO)Cc2c(F)ccc(Br)c2C1.NC1=NC2(CO1)Cc1c(F)ccc(-c3cncnc3)c1C2.NC1=NC2(CO1)Cc1c(F)ccc(Br)c1C2.O=C=O.[B].[B]=NS.[H-].[Na+]. The second kappa shape index (κ2) is 50.5. The van der Waals surface area contributed by atoms with E-state index >= 15 is 0 Å². The molecule has 3 heterocycles. The molecule has 0 saturated heterocycles. The van der Waals surface area contributed by atoms with E-state index in [2.05, 4.69) is 228 Å². The minimum absolute atomic E-state index is 0. The van der Waals surface area contributed by atoms with Crippen LogP contribution in [0.25, 0.3) is 11.1 Å². The maximum Gasteiger partial charge on any atom is 1.00 e. The summed E-state index contributed by atoms with van der Waals surface area (Å²) < 4.78 is 103. The molecular formula is C82H80B2Br8F6N11NaO7S.